The Kier molecular flexibility index (Phi) is 12.2. The van der Waals surface area contributed by atoms with Crippen LogP contribution in [0.25, 0.3) is 199 Å². The molecular formula is C90H54N6O4. The molecule has 12 aromatic carbocycles. The number of para-hydroxylation sites is 6. The highest BCUT2D eigenvalue weighted by Gasteiger charge is 2.21. The second kappa shape index (κ2) is 21.9. The molecule has 0 aliphatic rings. The first-order valence-corrected chi connectivity index (χ1v) is 33.6. The second-order valence-corrected chi connectivity index (χ2v) is 25.7. The Bertz CT molecular complexity index is 6550. The van der Waals surface area contributed by atoms with Crippen molar-refractivity contribution in [1.82, 2.24) is 28.2 Å². The Morgan fingerprint density at radius 3 is 1.18 bits per heavy atom. The van der Waals surface area contributed by atoms with Crippen molar-refractivity contribution < 1.29 is 17.7 Å². The predicted octanol–water partition coefficient (Wildman–Crippen LogP) is 24.2. The van der Waals surface area contributed by atoms with Crippen LogP contribution in [-0.2, 0) is 0 Å². The summed E-state index contributed by atoms with van der Waals surface area (Å²) in [7, 11) is 0. The molecular weight excluding hydrogens is 1230 g/mol. The van der Waals surface area contributed by atoms with Gasteiger partial charge in [0, 0.05) is 88.2 Å². The van der Waals surface area contributed by atoms with Crippen molar-refractivity contribution in [3.63, 3.8) is 0 Å². The van der Waals surface area contributed by atoms with Crippen molar-refractivity contribution in [2.45, 2.75) is 0 Å². The van der Waals surface area contributed by atoms with E-state index < -0.39 is 0 Å². The third-order valence-electron chi connectivity index (χ3n) is 20.1. The third kappa shape index (κ3) is 8.63. The number of hydrogen-bond acceptors (Lipinski definition) is 6. The van der Waals surface area contributed by atoms with Crippen LogP contribution in [0.5, 0.6) is 0 Å². The van der Waals surface area contributed by atoms with E-state index in [9.17, 15) is 0 Å². The van der Waals surface area contributed by atoms with Gasteiger partial charge in [-0.15, -0.1) is 0 Å². The van der Waals surface area contributed by atoms with Gasteiger partial charge in [0.25, 0.3) is 11.6 Å². The number of rotatable bonds is 8. The second-order valence-electron chi connectivity index (χ2n) is 25.7. The summed E-state index contributed by atoms with van der Waals surface area (Å²) in [6.07, 6.45) is 5.22. The lowest BCUT2D eigenvalue weighted by atomic mass is 10.00. The first-order valence-electron chi connectivity index (χ1n) is 33.6. The van der Waals surface area contributed by atoms with Crippen LogP contribution in [0, 0.1) is 0 Å². The monoisotopic (exact) mass is 1280 g/mol. The zero-order valence-corrected chi connectivity index (χ0v) is 53.5. The van der Waals surface area contributed by atoms with Crippen LogP contribution in [0.4, 0.5) is 0 Å². The maximum absolute atomic E-state index is 5.87. The van der Waals surface area contributed by atoms with E-state index in [0.29, 0.717) is 11.6 Å². The highest BCUT2D eigenvalue weighted by molar-refractivity contribution is 6.15. The first kappa shape index (κ1) is 55.6. The molecule has 468 valence electrons. The number of nitrogens with zero attached hydrogens (tertiary/aromatic N) is 6. The average molecular weight is 1280 g/mol. The Morgan fingerprint density at radius 2 is 0.630 bits per heavy atom. The molecule has 10 heterocycles. The zero-order chi connectivity index (χ0) is 65.5. The lowest BCUT2D eigenvalue weighted by Gasteiger charge is -2.12. The maximum Gasteiger partial charge on any atom is 0.298 e. The van der Waals surface area contributed by atoms with Gasteiger partial charge in [-0.2, -0.15) is 0 Å². The molecule has 0 aliphatic heterocycles. The van der Waals surface area contributed by atoms with Crippen LogP contribution >= 0.6 is 0 Å². The molecule has 0 saturated carbocycles. The topological polar surface area (TPSA) is 98.1 Å². The van der Waals surface area contributed by atoms with Crippen LogP contribution in [0.15, 0.2) is 346 Å². The van der Waals surface area contributed by atoms with Gasteiger partial charge in [-0.3, -0.25) is 9.55 Å². The summed E-state index contributed by atoms with van der Waals surface area (Å²) in [6, 6.07) is 110. The summed E-state index contributed by atoms with van der Waals surface area (Å²) in [5, 5.41) is 13.9. The number of hydrogen-bond donors (Lipinski definition) is 0. The molecule has 0 bridgehead atoms. The first-order chi connectivity index (χ1) is 49.6. The van der Waals surface area contributed by atoms with E-state index >= 15 is 0 Å². The number of pyridine rings is 2. The van der Waals surface area contributed by atoms with Crippen molar-refractivity contribution in [2.75, 3.05) is 0 Å². The Balaban J connectivity index is 0.000000131. The van der Waals surface area contributed by atoms with Crippen molar-refractivity contribution in [2.24, 2.45) is 0 Å². The van der Waals surface area contributed by atoms with E-state index in [4.69, 9.17) is 27.6 Å². The number of benzene rings is 12. The summed E-state index contributed by atoms with van der Waals surface area (Å²) in [5.74, 6) is 1.98. The lowest BCUT2D eigenvalue weighted by Crippen LogP contribution is -1.99. The summed E-state index contributed by atoms with van der Waals surface area (Å²) < 4.78 is 32.1. The van der Waals surface area contributed by atoms with Gasteiger partial charge < -0.3 is 31.4 Å². The summed E-state index contributed by atoms with van der Waals surface area (Å²) in [5.41, 5.74) is 22.8. The molecule has 10 nitrogen and oxygen atoms in total. The van der Waals surface area contributed by atoms with Crippen molar-refractivity contribution >= 4 is 131 Å². The van der Waals surface area contributed by atoms with E-state index in [1.165, 1.54) is 76.2 Å². The molecule has 0 N–H and O–H groups in total. The van der Waals surface area contributed by atoms with E-state index in [1.807, 2.05) is 30.5 Å². The standard InChI is InChI=1S/2C45H27N3O2/c1-4-15-39-32(11-1)33-12-2-5-16-40(33)47(39)31-20-21-42-36(27-31)34-13-3-6-17-41(34)48(42)44-18-8-14-38(46-44)30-10-7-9-28(25-30)29-19-22-43-37(26-29)35-23-24-49-45(35)50-43;1-4-13-40-33(10-1)34-11-2-5-14-41(34)48(40)32-17-18-43-37(27-32)35-12-3-6-15-42(35)47(43)31-9-7-8-28(24-31)29-20-22-46-39(26-29)30-16-19-44-38(25-30)36-21-23-49-45(36)50-44/h2*1-27H. The van der Waals surface area contributed by atoms with Crippen LogP contribution < -0.4 is 0 Å². The molecule has 0 spiro atoms. The number of furan rings is 4. The largest absolute Gasteiger partial charge is 0.433 e. The molecule has 0 atom stereocenters. The lowest BCUT2D eigenvalue weighted by molar-refractivity contribution is 0.498. The maximum atomic E-state index is 5.87. The molecule has 0 aliphatic carbocycles. The molecule has 10 aromatic heterocycles. The summed E-state index contributed by atoms with van der Waals surface area (Å²) in [6.45, 7) is 0. The van der Waals surface area contributed by atoms with Gasteiger partial charge in [-0.25, -0.2) is 4.98 Å². The van der Waals surface area contributed by atoms with Gasteiger partial charge in [-0.1, -0.05) is 152 Å². The summed E-state index contributed by atoms with van der Waals surface area (Å²) >= 11 is 0. The molecule has 22 rings (SSSR count). The average Bonchev–Trinajstić information content (AvgIpc) is 1.58. The molecule has 0 amide bonds. The normalized spacial score (nSPS) is 12.0. The zero-order valence-electron chi connectivity index (χ0n) is 53.5. The van der Waals surface area contributed by atoms with Crippen LogP contribution in [-0.4, -0.2) is 28.2 Å². The fourth-order valence-electron chi connectivity index (χ4n) is 15.6. The van der Waals surface area contributed by atoms with Gasteiger partial charge in [0.2, 0.25) is 0 Å². The number of fused-ring (bicyclic) bond motifs is 18. The van der Waals surface area contributed by atoms with E-state index in [2.05, 4.69) is 303 Å². The van der Waals surface area contributed by atoms with Gasteiger partial charge in [-0.05, 0) is 180 Å². The van der Waals surface area contributed by atoms with Crippen LogP contribution in [0.3, 0.4) is 0 Å². The minimum atomic E-state index is 0.545. The predicted molar refractivity (Wildman–Crippen MR) is 407 cm³/mol. The Hall–Kier alpha value is -13.7. The van der Waals surface area contributed by atoms with E-state index in [1.54, 1.807) is 12.5 Å². The molecule has 10 heteroatoms. The Morgan fingerprint density at radius 1 is 0.230 bits per heavy atom. The Labute approximate surface area is 569 Å². The van der Waals surface area contributed by atoms with Crippen LogP contribution in [0.2, 0.25) is 0 Å². The molecule has 0 unspecified atom stereocenters. The summed E-state index contributed by atoms with van der Waals surface area (Å²) in [4.78, 5) is 10.0. The van der Waals surface area contributed by atoms with Gasteiger partial charge in [0.1, 0.15) is 17.0 Å². The molecule has 0 saturated heterocycles. The van der Waals surface area contributed by atoms with E-state index in [-0.39, 0.29) is 0 Å². The highest BCUT2D eigenvalue weighted by atomic mass is 16.5. The van der Waals surface area contributed by atoms with Crippen LogP contribution in [0.1, 0.15) is 0 Å². The smallest absolute Gasteiger partial charge is 0.298 e. The van der Waals surface area contributed by atoms with Gasteiger partial charge >= 0.3 is 0 Å². The minimum Gasteiger partial charge on any atom is -0.433 e. The minimum absolute atomic E-state index is 0.545. The van der Waals surface area contributed by atoms with Gasteiger partial charge in [0.15, 0.2) is 0 Å². The van der Waals surface area contributed by atoms with Gasteiger partial charge in [0.05, 0.1) is 78.8 Å². The highest BCUT2D eigenvalue weighted by Crippen LogP contribution is 2.42. The van der Waals surface area contributed by atoms with E-state index in [0.717, 1.165) is 111 Å². The van der Waals surface area contributed by atoms with Crippen molar-refractivity contribution in [3.8, 4) is 67.6 Å². The fourth-order valence-corrected chi connectivity index (χ4v) is 15.6. The molecule has 100 heavy (non-hydrogen) atoms. The molecule has 0 radical (unpaired) electrons. The SMILES string of the molecule is c1cc(-c2ccc3oc4occc4c3c2)cc(-c2cccc(-n3c4ccccc4c4cc(-n5c6ccccc6c6ccccc65)ccc43)n2)c1.c1cc(-c2ccnc(-c3ccc4oc5occc5c4c3)c2)cc(-n2c3ccccc3c3cc(-n4c5ccccc5c5ccccc54)ccc32)c1. The quantitative estimate of drug-likeness (QED) is 0.150. The van der Waals surface area contributed by atoms with Crippen molar-refractivity contribution in [3.05, 3.63) is 328 Å². The molecule has 22 aromatic rings. The fraction of sp³-hybridized carbons (Fsp3) is 0. The number of aromatic nitrogens is 6. The third-order valence-corrected chi connectivity index (χ3v) is 20.1. The van der Waals surface area contributed by atoms with Crippen molar-refractivity contribution in [1.29, 1.82) is 0 Å². The molecule has 0 fully saturated rings.